The second-order valence-electron chi connectivity index (χ2n) is 10.2. The molecule has 8 heteroatoms. The van der Waals surface area contributed by atoms with Crippen LogP contribution >= 0.6 is 0 Å². The molecule has 1 saturated heterocycles. The van der Waals surface area contributed by atoms with Gasteiger partial charge in [0.05, 0.1) is 12.7 Å². The lowest BCUT2D eigenvalue weighted by molar-refractivity contribution is -0.103. The first-order valence-corrected chi connectivity index (χ1v) is 11.8. The minimum absolute atomic E-state index is 0.124. The molecule has 0 aromatic carbocycles. The maximum atomic E-state index is 13.1. The van der Waals surface area contributed by atoms with Crippen molar-refractivity contribution in [2.75, 3.05) is 32.8 Å². The van der Waals surface area contributed by atoms with Crippen molar-refractivity contribution in [3.63, 3.8) is 0 Å². The molecular weight excluding hydrogens is 406 g/mol. The molecule has 0 radical (unpaired) electrons. The number of carbonyl (C=O) groups excluding carboxylic acids is 2. The van der Waals surface area contributed by atoms with Gasteiger partial charge in [-0.2, -0.15) is 0 Å². The van der Waals surface area contributed by atoms with Gasteiger partial charge in [-0.15, -0.1) is 0 Å². The first-order chi connectivity index (χ1) is 15.4. The monoisotopic (exact) mass is 439 g/mol. The van der Waals surface area contributed by atoms with E-state index < -0.39 is 0 Å². The van der Waals surface area contributed by atoms with E-state index in [-0.39, 0.29) is 17.9 Å². The van der Waals surface area contributed by atoms with E-state index >= 15 is 0 Å². The Bertz CT molecular complexity index is 1030. The Morgan fingerprint density at radius 1 is 1.31 bits per heavy atom. The summed E-state index contributed by atoms with van der Waals surface area (Å²) in [6, 6.07) is 5.40. The highest BCUT2D eigenvalue weighted by Gasteiger charge is 2.53. The Kier molecular flexibility index (Phi) is 5.45. The molecule has 3 unspecified atom stereocenters. The average molecular weight is 440 g/mol. The second-order valence-corrected chi connectivity index (χ2v) is 10.2. The van der Waals surface area contributed by atoms with E-state index in [1.165, 1.54) is 19.3 Å². The number of rotatable bonds is 5. The lowest BCUT2D eigenvalue weighted by Crippen LogP contribution is -2.54. The van der Waals surface area contributed by atoms with Crippen LogP contribution in [-0.2, 0) is 4.74 Å². The number of imidazole rings is 1. The second kappa shape index (κ2) is 8.15. The van der Waals surface area contributed by atoms with Gasteiger partial charge >= 0.3 is 0 Å². The Morgan fingerprint density at radius 2 is 2.16 bits per heavy atom. The van der Waals surface area contributed by atoms with Crippen LogP contribution in [-0.4, -0.2) is 65.0 Å². The van der Waals surface area contributed by atoms with Gasteiger partial charge < -0.3 is 20.7 Å². The number of pyridine rings is 1. The maximum Gasteiger partial charge on any atom is 0.274 e. The number of amides is 2. The standard InChI is InChI=1S/C24H33N5O3/c1-24(2)16-7-6-15(18(24)10-16)12-26-22(30)20-4-3-5-21-27-19(14-29(20)21)23(31)28-8-9-32-17(11-25)13-28/h3-5,14-18H,6-13,25H2,1-2H3,(H,26,30)/t15-,16?,17?,18?/m0/s1. The summed E-state index contributed by atoms with van der Waals surface area (Å²) in [5.41, 5.74) is 7.52. The molecule has 172 valence electrons. The van der Waals surface area contributed by atoms with Gasteiger partial charge in [0.2, 0.25) is 0 Å². The molecule has 4 aliphatic rings. The number of nitrogens with two attached hydrogens (primary N) is 1. The van der Waals surface area contributed by atoms with E-state index in [4.69, 9.17) is 10.5 Å². The number of aromatic nitrogens is 2. The zero-order chi connectivity index (χ0) is 22.5. The lowest BCUT2D eigenvalue weighted by atomic mass is 9.45. The van der Waals surface area contributed by atoms with Gasteiger partial charge in [-0.25, -0.2) is 4.98 Å². The molecule has 3 saturated carbocycles. The van der Waals surface area contributed by atoms with Crippen LogP contribution in [0.3, 0.4) is 0 Å². The van der Waals surface area contributed by atoms with Crippen molar-refractivity contribution in [2.24, 2.45) is 28.9 Å². The fourth-order valence-corrected chi connectivity index (χ4v) is 6.03. The van der Waals surface area contributed by atoms with Crippen LogP contribution < -0.4 is 11.1 Å². The summed E-state index contributed by atoms with van der Waals surface area (Å²) in [6.45, 7) is 7.24. The molecule has 32 heavy (non-hydrogen) atoms. The number of hydrogen-bond donors (Lipinski definition) is 2. The molecule has 0 spiro atoms. The number of carbonyl (C=O) groups is 2. The minimum Gasteiger partial charge on any atom is -0.373 e. The van der Waals surface area contributed by atoms with Crippen molar-refractivity contribution < 1.29 is 14.3 Å². The predicted octanol–water partition coefficient (Wildman–Crippen LogP) is 1.94. The highest BCUT2D eigenvalue weighted by molar-refractivity contribution is 5.95. The van der Waals surface area contributed by atoms with Crippen molar-refractivity contribution in [1.82, 2.24) is 19.6 Å². The van der Waals surface area contributed by atoms with E-state index in [0.717, 1.165) is 5.92 Å². The maximum absolute atomic E-state index is 13.1. The number of fused-ring (bicyclic) bond motifs is 3. The predicted molar refractivity (Wildman–Crippen MR) is 120 cm³/mol. The molecule has 1 aliphatic heterocycles. The third-order valence-electron chi connectivity index (χ3n) is 8.16. The molecule has 3 heterocycles. The van der Waals surface area contributed by atoms with Gasteiger partial charge in [-0.1, -0.05) is 19.9 Å². The van der Waals surface area contributed by atoms with Crippen LogP contribution in [0, 0.1) is 23.2 Å². The summed E-state index contributed by atoms with van der Waals surface area (Å²) in [4.78, 5) is 32.3. The van der Waals surface area contributed by atoms with Crippen LogP contribution in [0.2, 0.25) is 0 Å². The quantitative estimate of drug-likeness (QED) is 0.741. The van der Waals surface area contributed by atoms with Crippen molar-refractivity contribution in [3.05, 3.63) is 35.8 Å². The molecule has 3 aliphatic carbocycles. The molecule has 2 aromatic rings. The van der Waals surface area contributed by atoms with Gasteiger partial charge in [-0.3, -0.25) is 14.0 Å². The van der Waals surface area contributed by atoms with Gasteiger partial charge in [0, 0.05) is 32.4 Å². The Morgan fingerprint density at radius 3 is 2.91 bits per heavy atom. The zero-order valence-corrected chi connectivity index (χ0v) is 18.9. The van der Waals surface area contributed by atoms with Crippen molar-refractivity contribution in [1.29, 1.82) is 0 Å². The zero-order valence-electron chi connectivity index (χ0n) is 18.9. The largest absolute Gasteiger partial charge is 0.373 e. The fourth-order valence-electron chi connectivity index (χ4n) is 6.03. The number of nitrogens with one attached hydrogen (secondary N) is 1. The summed E-state index contributed by atoms with van der Waals surface area (Å²) in [7, 11) is 0. The fraction of sp³-hybridized carbons (Fsp3) is 0.625. The number of morpholine rings is 1. The topological polar surface area (TPSA) is 102 Å². The van der Waals surface area contributed by atoms with E-state index in [1.807, 2.05) is 12.1 Å². The van der Waals surface area contributed by atoms with Crippen LogP contribution in [0.15, 0.2) is 24.4 Å². The summed E-state index contributed by atoms with van der Waals surface area (Å²) in [5, 5.41) is 3.16. The molecule has 6 rings (SSSR count). The molecule has 2 amide bonds. The molecule has 3 N–H and O–H groups in total. The third-order valence-corrected chi connectivity index (χ3v) is 8.16. The molecule has 8 nitrogen and oxygen atoms in total. The smallest absolute Gasteiger partial charge is 0.274 e. The Hall–Kier alpha value is -2.45. The van der Waals surface area contributed by atoms with Gasteiger partial charge in [0.15, 0.2) is 0 Å². The van der Waals surface area contributed by atoms with E-state index in [0.29, 0.717) is 67.1 Å². The molecule has 2 aromatic heterocycles. The number of ether oxygens (including phenoxy) is 1. The normalized spacial score (nSPS) is 28.9. The molecule has 4 fully saturated rings. The van der Waals surface area contributed by atoms with Gasteiger partial charge in [-0.05, 0) is 54.6 Å². The lowest BCUT2D eigenvalue weighted by Gasteiger charge is -2.60. The van der Waals surface area contributed by atoms with Crippen LogP contribution in [0.25, 0.3) is 5.65 Å². The van der Waals surface area contributed by atoms with E-state index in [2.05, 4.69) is 24.1 Å². The first-order valence-electron chi connectivity index (χ1n) is 11.8. The SMILES string of the molecule is CC1(C)C2CC[C@@H](CNC(=O)c3cccc4nc(C(=O)N5CCOC(CN)C5)cn34)C1C2. The van der Waals surface area contributed by atoms with E-state index in [9.17, 15) is 9.59 Å². The van der Waals surface area contributed by atoms with E-state index in [1.54, 1.807) is 21.6 Å². The van der Waals surface area contributed by atoms with Crippen molar-refractivity contribution >= 4 is 17.5 Å². The number of nitrogens with zero attached hydrogens (tertiary/aromatic N) is 3. The highest BCUT2D eigenvalue weighted by atomic mass is 16.5. The van der Waals surface area contributed by atoms with Gasteiger partial charge in [0.25, 0.3) is 11.8 Å². The average Bonchev–Trinajstić information content (AvgIpc) is 3.26. The van der Waals surface area contributed by atoms with Crippen molar-refractivity contribution in [3.8, 4) is 0 Å². The van der Waals surface area contributed by atoms with Crippen LogP contribution in [0.5, 0.6) is 0 Å². The summed E-state index contributed by atoms with van der Waals surface area (Å²) in [6.07, 6.45) is 5.26. The molecule has 2 bridgehead atoms. The van der Waals surface area contributed by atoms with Crippen LogP contribution in [0.4, 0.5) is 0 Å². The third kappa shape index (κ3) is 3.59. The highest BCUT2D eigenvalue weighted by Crippen LogP contribution is 2.61. The Balaban J connectivity index is 1.30. The number of hydrogen-bond acceptors (Lipinski definition) is 5. The molecule has 4 atom stereocenters. The minimum atomic E-state index is -0.161. The van der Waals surface area contributed by atoms with Crippen LogP contribution in [0.1, 0.15) is 54.1 Å². The van der Waals surface area contributed by atoms with Crippen molar-refractivity contribution in [2.45, 2.75) is 39.2 Å². The summed E-state index contributed by atoms with van der Waals surface area (Å²) >= 11 is 0. The first kappa shape index (κ1) is 21.4. The summed E-state index contributed by atoms with van der Waals surface area (Å²) in [5.74, 6) is 1.80. The Labute approximate surface area is 188 Å². The molecular formula is C24H33N5O3. The summed E-state index contributed by atoms with van der Waals surface area (Å²) < 4.78 is 7.27. The van der Waals surface area contributed by atoms with Gasteiger partial charge in [0.1, 0.15) is 17.0 Å².